The first kappa shape index (κ1) is 15.1. The number of amides is 1. The number of fused-ring (bicyclic) bond motifs is 2. The minimum absolute atomic E-state index is 0.00534. The molecule has 2 aliphatic heterocycles. The summed E-state index contributed by atoms with van der Waals surface area (Å²) in [5.41, 5.74) is 0.666. The van der Waals surface area contributed by atoms with E-state index in [0.717, 1.165) is 12.8 Å². The topological polar surface area (TPSA) is 63.2 Å². The fraction of sp³-hybridized carbons (Fsp3) is 0.368. The zero-order chi connectivity index (χ0) is 16.4. The summed E-state index contributed by atoms with van der Waals surface area (Å²) in [5, 5.41) is 6.77. The first-order valence-electron chi connectivity index (χ1n) is 8.51. The molecule has 24 heavy (non-hydrogen) atoms. The maximum atomic E-state index is 12.4. The van der Waals surface area contributed by atoms with Crippen LogP contribution in [-0.2, 0) is 0 Å². The summed E-state index contributed by atoms with van der Waals surface area (Å²) in [6.07, 6.45) is 7.89. The summed E-state index contributed by atoms with van der Waals surface area (Å²) in [7, 11) is 0. The molecule has 2 unspecified atom stereocenters. The van der Waals surface area contributed by atoms with Crippen LogP contribution in [0.2, 0.25) is 0 Å². The summed E-state index contributed by atoms with van der Waals surface area (Å²) in [6, 6.07) is 12.3. The van der Waals surface area contributed by atoms with Crippen molar-refractivity contribution < 1.29 is 9.53 Å². The second kappa shape index (κ2) is 6.61. The van der Waals surface area contributed by atoms with E-state index in [1.165, 1.54) is 12.8 Å². The lowest BCUT2D eigenvalue weighted by Crippen LogP contribution is -2.48. The van der Waals surface area contributed by atoms with Gasteiger partial charge in [-0.2, -0.15) is 0 Å². The van der Waals surface area contributed by atoms with Crippen molar-refractivity contribution in [2.45, 2.75) is 43.8 Å². The molecule has 5 nitrogen and oxygen atoms in total. The Kier molecular flexibility index (Phi) is 4.17. The minimum atomic E-state index is -0.00534. The zero-order valence-corrected chi connectivity index (χ0v) is 13.4. The standard InChI is InChI=1S/C19H21N3O2/c23-19(22-16-10-14-5-6-15(11-16)21-14)13-3-7-17(8-4-13)24-18-2-1-9-20-12-18/h1-4,7-9,12,14-16,21H,5-6,10-11H2,(H,22,23). The highest BCUT2D eigenvalue weighted by molar-refractivity contribution is 5.94. The first-order chi connectivity index (χ1) is 11.8. The number of nitrogens with one attached hydrogen (secondary N) is 2. The van der Waals surface area contributed by atoms with Crippen molar-refractivity contribution in [3.8, 4) is 11.5 Å². The first-order valence-corrected chi connectivity index (χ1v) is 8.51. The molecule has 1 aromatic heterocycles. The van der Waals surface area contributed by atoms with Crippen LogP contribution in [0.3, 0.4) is 0 Å². The molecular formula is C19H21N3O2. The number of hydrogen-bond donors (Lipinski definition) is 2. The molecule has 2 N–H and O–H groups in total. The third-order valence-corrected chi connectivity index (χ3v) is 4.79. The summed E-state index contributed by atoms with van der Waals surface area (Å²) in [5.74, 6) is 1.37. The molecule has 4 rings (SSSR count). The van der Waals surface area contributed by atoms with Crippen LogP contribution in [0.1, 0.15) is 36.0 Å². The molecule has 2 bridgehead atoms. The van der Waals surface area contributed by atoms with Crippen molar-refractivity contribution >= 4 is 5.91 Å². The highest BCUT2D eigenvalue weighted by Gasteiger charge is 2.34. The summed E-state index contributed by atoms with van der Waals surface area (Å²) in [4.78, 5) is 16.4. The van der Waals surface area contributed by atoms with Gasteiger partial charge in [0.15, 0.2) is 0 Å². The number of aromatic nitrogens is 1. The van der Waals surface area contributed by atoms with Crippen LogP contribution in [0.4, 0.5) is 0 Å². The maximum absolute atomic E-state index is 12.4. The van der Waals surface area contributed by atoms with Crippen molar-refractivity contribution in [2.75, 3.05) is 0 Å². The molecule has 0 aliphatic carbocycles. The van der Waals surface area contributed by atoms with Crippen LogP contribution >= 0.6 is 0 Å². The Hall–Kier alpha value is -2.40. The quantitative estimate of drug-likeness (QED) is 0.908. The number of hydrogen-bond acceptors (Lipinski definition) is 4. The second-order valence-electron chi connectivity index (χ2n) is 6.59. The number of nitrogens with zero attached hydrogens (tertiary/aromatic N) is 1. The van der Waals surface area contributed by atoms with Crippen LogP contribution < -0.4 is 15.4 Å². The normalized spacial score (nSPS) is 25.2. The Labute approximate surface area is 141 Å². The van der Waals surface area contributed by atoms with Crippen LogP contribution in [0.25, 0.3) is 0 Å². The van der Waals surface area contributed by atoms with E-state index >= 15 is 0 Å². The van der Waals surface area contributed by atoms with Crippen molar-refractivity contribution in [1.82, 2.24) is 15.6 Å². The van der Waals surface area contributed by atoms with E-state index < -0.39 is 0 Å². The van der Waals surface area contributed by atoms with Gasteiger partial charge >= 0.3 is 0 Å². The average Bonchev–Trinajstić information content (AvgIpc) is 2.95. The SMILES string of the molecule is O=C(NC1CC2CCC(C1)N2)c1ccc(Oc2cccnc2)cc1. The largest absolute Gasteiger partial charge is 0.456 e. The van der Waals surface area contributed by atoms with E-state index in [-0.39, 0.29) is 11.9 Å². The zero-order valence-electron chi connectivity index (χ0n) is 13.4. The van der Waals surface area contributed by atoms with Crippen molar-refractivity contribution in [3.63, 3.8) is 0 Å². The van der Waals surface area contributed by atoms with Crippen molar-refractivity contribution in [1.29, 1.82) is 0 Å². The van der Waals surface area contributed by atoms with Crippen LogP contribution in [0.5, 0.6) is 11.5 Å². The molecule has 1 aromatic carbocycles. The average molecular weight is 323 g/mol. The van der Waals surface area contributed by atoms with Crippen LogP contribution in [0, 0.1) is 0 Å². The fourth-order valence-electron chi connectivity index (χ4n) is 3.66. The number of carbonyl (C=O) groups excluding carboxylic acids is 1. The maximum Gasteiger partial charge on any atom is 0.251 e. The van der Waals surface area contributed by atoms with E-state index in [9.17, 15) is 4.79 Å². The van der Waals surface area contributed by atoms with Gasteiger partial charge in [-0.1, -0.05) is 0 Å². The molecule has 0 radical (unpaired) electrons. The molecule has 2 saturated heterocycles. The van der Waals surface area contributed by atoms with Gasteiger partial charge in [-0.25, -0.2) is 0 Å². The molecule has 2 aromatic rings. The molecule has 5 heteroatoms. The Morgan fingerprint density at radius 2 is 1.83 bits per heavy atom. The Bertz CT molecular complexity index is 690. The number of piperidine rings is 1. The van der Waals surface area contributed by atoms with Gasteiger partial charge in [-0.3, -0.25) is 9.78 Å². The van der Waals surface area contributed by atoms with E-state index in [1.807, 2.05) is 24.3 Å². The Morgan fingerprint density at radius 1 is 1.08 bits per heavy atom. The van der Waals surface area contributed by atoms with Gasteiger partial charge in [0.25, 0.3) is 5.91 Å². The summed E-state index contributed by atoms with van der Waals surface area (Å²) >= 11 is 0. The van der Waals surface area contributed by atoms with E-state index in [2.05, 4.69) is 15.6 Å². The summed E-state index contributed by atoms with van der Waals surface area (Å²) < 4.78 is 5.70. The summed E-state index contributed by atoms with van der Waals surface area (Å²) in [6.45, 7) is 0. The molecular weight excluding hydrogens is 302 g/mol. The highest BCUT2D eigenvalue weighted by Crippen LogP contribution is 2.27. The van der Waals surface area contributed by atoms with Gasteiger partial charge in [0.2, 0.25) is 0 Å². The Morgan fingerprint density at radius 3 is 2.50 bits per heavy atom. The molecule has 0 saturated carbocycles. The number of rotatable bonds is 4. The minimum Gasteiger partial charge on any atom is -0.456 e. The number of ether oxygens (including phenoxy) is 1. The monoisotopic (exact) mass is 323 g/mol. The molecule has 2 atom stereocenters. The van der Waals surface area contributed by atoms with Crippen LogP contribution in [-0.4, -0.2) is 29.0 Å². The molecule has 2 fully saturated rings. The molecule has 124 valence electrons. The lowest BCUT2D eigenvalue weighted by Gasteiger charge is -2.29. The molecule has 1 amide bonds. The lowest BCUT2D eigenvalue weighted by molar-refractivity contribution is 0.0924. The van der Waals surface area contributed by atoms with E-state index in [0.29, 0.717) is 29.1 Å². The van der Waals surface area contributed by atoms with Gasteiger partial charge < -0.3 is 15.4 Å². The second-order valence-corrected chi connectivity index (χ2v) is 6.59. The third kappa shape index (κ3) is 3.41. The number of carbonyl (C=O) groups is 1. The van der Waals surface area contributed by atoms with Gasteiger partial charge in [0, 0.05) is 29.9 Å². The predicted molar refractivity (Wildman–Crippen MR) is 91.2 cm³/mol. The molecule has 3 heterocycles. The van der Waals surface area contributed by atoms with E-state index in [4.69, 9.17) is 4.74 Å². The Balaban J connectivity index is 1.36. The van der Waals surface area contributed by atoms with Gasteiger partial charge in [-0.05, 0) is 62.1 Å². The highest BCUT2D eigenvalue weighted by atomic mass is 16.5. The smallest absolute Gasteiger partial charge is 0.251 e. The van der Waals surface area contributed by atoms with E-state index in [1.54, 1.807) is 24.5 Å². The van der Waals surface area contributed by atoms with Gasteiger partial charge in [-0.15, -0.1) is 0 Å². The molecule has 2 aliphatic rings. The lowest BCUT2D eigenvalue weighted by atomic mass is 9.99. The predicted octanol–water partition coefficient (Wildman–Crippen LogP) is 2.89. The van der Waals surface area contributed by atoms with Crippen LogP contribution in [0.15, 0.2) is 48.8 Å². The molecule has 0 spiro atoms. The van der Waals surface area contributed by atoms with Gasteiger partial charge in [0.1, 0.15) is 11.5 Å². The third-order valence-electron chi connectivity index (χ3n) is 4.79. The fourth-order valence-corrected chi connectivity index (χ4v) is 3.66. The van der Waals surface area contributed by atoms with Gasteiger partial charge in [0.05, 0.1) is 6.20 Å². The number of pyridine rings is 1. The number of benzene rings is 1. The van der Waals surface area contributed by atoms with Crippen molar-refractivity contribution in [2.24, 2.45) is 0 Å². The van der Waals surface area contributed by atoms with Crippen molar-refractivity contribution in [3.05, 3.63) is 54.4 Å².